The lowest BCUT2D eigenvalue weighted by Gasteiger charge is -2.15. The maximum atomic E-state index is 12.2. The second kappa shape index (κ2) is 8.12. The van der Waals surface area contributed by atoms with Gasteiger partial charge in [0.2, 0.25) is 10.0 Å². The maximum Gasteiger partial charge on any atom is 0.241 e. The molecule has 1 unspecified atom stereocenters. The Morgan fingerprint density at radius 1 is 1.30 bits per heavy atom. The Bertz CT molecular complexity index is 495. The molecule has 1 atom stereocenters. The van der Waals surface area contributed by atoms with Crippen molar-refractivity contribution in [2.45, 2.75) is 58.0 Å². The molecule has 0 spiro atoms. The van der Waals surface area contributed by atoms with Gasteiger partial charge < -0.3 is 5.32 Å². The topological polar surface area (TPSA) is 58.2 Å². The second-order valence-electron chi connectivity index (χ2n) is 5.58. The van der Waals surface area contributed by atoms with E-state index in [1.165, 1.54) is 11.3 Å². The van der Waals surface area contributed by atoms with Gasteiger partial charge >= 0.3 is 0 Å². The van der Waals surface area contributed by atoms with Crippen molar-refractivity contribution in [3.63, 3.8) is 0 Å². The van der Waals surface area contributed by atoms with Gasteiger partial charge in [0.25, 0.3) is 0 Å². The van der Waals surface area contributed by atoms with E-state index in [0.29, 0.717) is 10.8 Å². The summed E-state index contributed by atoms with van der Waals surface area (Å²) in [7, 11) is -3.38. The fourth-order valence-electron chi connectivity index (χ4n) is 2.07. The molecule has 0 bridgehead atoms. The van der Waals surface area contributed by atoms with Crippen LogP contribution in [-0.4, -0.2) is 21.0 Å². The van der Waals surface area contributed by atoms with Gasteiger partial charge in [0.15, 0.2) is 0 Å². The summed E-state index contributed by atoms with van der Waals surface area (Å²) < 4.78 is 27.2. The summed E-state index contributed by atoms with van der Waals surface area (Å²) in [5, 5.41) is 4.99. The SMILES string of the molecule is CCCNCc1cc(S(=O)(=O)NC(C)CC(C)C)cs1. The van der Waals surface area contributed by atoms with Crippen LogP contribution < -0.4 is 10.0 Å². The van der Waals surface area contributed by atoms with Gasteiger partial charge in [-0.25, -0.2) is 13.1 Å². The molecule has 0 aromatic carbocycles. The van der Waals surface area contributed by atoms with Crippen LogP contribution in [0.2, 0.25) is 0 Å². The Balaban J connectivity index is 2.63. The Morgan fingerprint density at radius 2 is 2.00 bits per heavy atom. The third-order valence-corrected chi connectivity index (χ3v) is 5.50. The zero-order valence-electron chi connectivity index (χ0n) is 12.8. The minimum Gasteiger partial charge on any atom is -0.312 e. The molecule has 1 aromatic rings. The van der Waals surface area contributed by atoms with Crippen LogP contribution >= 0.6 is 11.3 Å². The molecule has 2 N–H and O–H groups in total. The van der Waals surface area contributed by atoms with Crippen molar-refractivity contribution in [3.8, 4) is 0 Å². The lowest BCUT2D eigenvalue weighted by Crippen LogP contribution is -2.33. The molecule has 0 radical (unpaired) electrons. The van der Waals surface area contributed by atoms with Crippen molar-refractivity contribution < 1.29 is 8.42 Å². The Kier molecular flexibility index (Phi) is 7.15. The van der Waals surface area contributed by atoms with Crippen LogP contribution in [0, 0.1) is 5.92 Å². The molecule has 0 aliphatic rings. The highest BCUT2D eigenvalue weighted by atomic mass is 32.2. The number of sulfonamides is 1. The fourth-order valence-corrected chi connectivity index (χ4v) is 4.57. The van der Waals surface area contributed by atoms with Crippen LogP contribution in [0.5, 0.6) is 0 Å². The normalized spacial score (nSPS) is 13.8. The standard InChI is InChI=1S/C14H26N2O2S2/c1-5-6-15-9-13-8-14(10-19-13)20(17,18)16-12(4)7-11(2)3/h8,10-12,15-16H,5-7,9H2,1-4H3. The number of thiophene rings is 1. The van der Waals surface area contributed by atoms with E-state index in [9.17, 15) is 8.42 Å². The van der Waals surface area contributed by atoms with Crippen LogP contribution in [-0.2, 0) is 16.6 Å². The van der Waals surface area contributed by atoms with Crippen molar-refractivity contribution >= 4 is 21.4 Å². The first-order valence-electron chi connectivity index (χ1n) is 7.15. The molecular weight excluding hydrogens is 292 g/mol. The summed E-state index contributed by atoms with van der Waals surface area (Å²) in [6, 6.07) is 1.72. The van der Waals surface area contributed by atoms with Crippen LogP contribution in [0.25, 0.3) is 0 Å². The van der Waals surface area contributed by atoms with Crippen LogP contribution in [0.15, 0.2) is 16.3 Å². The van der Waals surface area contributed by atoms with Gasteiger partial charge in [-0.15, -0.1) is 11.3 Å². The minimum absolute atomic E-state index is 0.0402. The smallest absolute Gasteiger partial charge is 0.241 e. The first-order valence-corrected chi connectivity index (χ1v) is 9.52. The second-order valence-corrected chi connectivity index (χ2v) is 8.29. The number of nitrogens with one attached hydrogen (secondary N) is 2. The molecule has 4 nitrogen and oxygen atoms in total. The zero-order valence-corrected chi connectivity index (χ0v) is 14.4. The van der Waals surface area contributed by atoms with E-state index in [2.05, 4.69) is 30.8 Å². The number of hydrogen-bond donors (Lipinski definition) is 2. The third kappa shape index (κ3) is 5.91. The van der Waals surface area contributed by atoms with E-state index in [0.717, 1.165) is 30.8 Å². The van der Waals surface area contributed by atoms with E-state index in [-0.39, 0.29) is 6.04 Å². The van der Waals surface area contributed by atoms with Crippen molar-refractivity contribution in [1.82, 2.24) is 10.0 Å². The highest BCUT2D eigenvalue weighted by Gasteiger charge is 2.19. The average molecular weight is 319 g/mol. The summed E-state index contributed by atoms with van der Waals surface area (Å²) in [4.78, 5) is 1.43. The lowest BCUT2D eigenvalue weighted by atomic mass is 10.1. The predicted molar refractivity (Wildman–Crippen MR) is 85.6 cm³/mol. The lowest BCUT2D eigenvalue weighted by molar-refractivity contribution is 0.482. The van der Waals surface area contributed by atoms with E-state index in [1.807, 2.05) is 6.92 Å². The molecule has 0 aliphatic carbocycles. The molecule has 6 heteroatoms. The molecule has 0 saturated carbocycles. The van der Waals surface area contributed by atoms with E-state index < -0.39 is 10.0 Å². The quantitative estimate of drug-likeness (QED) is 0.688. The average Bonchev–Trinajstić information content (AvgIpc) is 2.76. The molecule has 1 heterocycles. The van der Waals surface area contributed by atoms with Gasteiger partial charge in [0.1, 0.15) is 0 Å². The van der Waals surface area contributed by atoms with Gasteiger partial charge in [-0.2, -0.15) is 0 Å². The van der Waals surface area contributed by atoms with Crippen molar-refractivity contribution in [2.24, 2.45) is 5.92 Å². The van der Waals surface area contributed by atoms with Crippen LogP contribution in [0.1, 0.15) is 45.4 Å². The summed E-state index contributed by atoms with van der Waals surface area (Å²) in [5.41, 5.74) is 0. The minimum atomic E-state index is -3.38. The molecule has 1 aromatic heterocycles. The highest BCUT2D eigenvalue weighted by molar-refractivity contribution is 7.89. The van der Waals surface area contributed by atoms with Crippen LogP contribution in [0.4, 0.5) is 0 Å². The number of rotatable bonds is 9. The van der Waals surface area contributed by atoms with Gasteiger partial charge in [0.05, 0.1) is 4.90 Å². The van der Waals surface area contributed by atoms with Gasteiger partial charge in [-0.05, 0) is 38.3 Å². The molecule has 20 heavy (non-hydrogen) atoms. The molecule has 0 saturated heterocycles. The monoisotopic (exact) mass is 318 g/mol. The van der Waals surface area contributed by atoms with E-state index >= 15 is 0 Å². The molecule has 1 rings (SSSR count). The Labute approximate surface area is 127 Å². The summed E-state index contributed by atoms with van der Waals surface area (Å²) in [6.45, 7) is 9.88. The number of hydrogen-bond acceptors (Lipinski definition) is 4. The predicted octanol–water partition coefficient (Wildman–Crippen LogP) is 2.96. The largest absolute Gasteiger partial charge is 0.312 e. The Morgan fingerprint density at radius 3 is 2.60 bits per heavy atom. The van der Waals surface area contributed by atoms with Crippen molar-refractivity contribution in [2.75, 3.05) is 6.54 Å². The summed E-state index contributed by atoms with van der Waals surface area (Å²) >= 11 is 1.49. The summed E-state index contributed by atoms with van der Waals surface area (Å²) in [5.74, 6) is 0.476. The highest BCUT2D eigenvalue weighted by Crippen LogP contribution is 2.20. The van der Waals surface area contributed by atoms with Gasteiger partial charge in [0, 0.05) is 22.8 Å². The van der Waals surface area contributed by atoms with E-state index in [4.69, 9.17) is 0 Å². The van der Waals surface area contributed by atoms with Gasteiger partial charge in [-0.3, -0.25) is 0 Å². The first kappa shape index (κ1) is 17.6. The molecular formula is C14H26N2O2S2. The third-order valence-electron chi connectivity index (χ3n) is 2.85. The van der Waals surface area contributed by atoms with Crippen molar-refractivity contribution in [3.05, 3.63) is 16.3 Å². The maximum absolute atomic E-state index is 12.2. The Hall–Kier alpha value is -0.430. The molecule has 0 amide bonds. The first-order chi connectivity index (χ1) is 9.35. The van der Waals surface area contributed by atoms with E-state index in [1.54, 1.807) is 11.4 Å². The molecule has 116 valence electrons. The molecule has 0 fully saturated rings. The van der Waals surface area contributed by atoms with Crippen molar-refractivity contribution in [1.29, 1.82) is 0 Å². The zero-order chi connectivity index (χ0) is 15.2. The summed E-state index contributed by atoms with van der Waals surface area (Å²) in [6.07, 6.45) is 1.92. The van der Waals surface area contributed by atoms with Gasteiger partial charge in [-0.1, -0.05) is 20.8 Å². The van der Waals surface area contributed by atoms with Crippen LogP contribution in [0.3, 0.4) is 0 Å². The molecule has 0 aliphatic heterocycles. The fraction of sp³-hybridized carbons (Fsp3) is 0.714.